The Bertz CT molecular complexity index is 1310. The molecule has 0 radical (unpaired) electrons. The molecule has 2 N–H and O–H groups in total. The normalized spacial score (nSPS) is 14.2. The Labute approximate surface area is 420 Å². The van der Waals surface area contributed by atoms with Gasteiger partial charge in [0, 0.05) is 12.8 Å². The minimum absolute atomic E-state index is 0.0383. The second kappa shape index (κ2) is 48.6. The van der Waals surface area contributed by atoms with Gasteiger partial charge in [-0.1, -0.05) is 243 Å². The summed E-state index contributed by atoms with van der Waals surface area (Å²) < 4.78 is 30.6. The molecule has 0 rings (SSSR count). The van der Waals surface area contributed by atoms with E-state index in [4.69, 9.17) is 13.8 Å². The van der Waals surface area contributed by atoms with Crippen molar-refractivity contribution in [2.75, 3.05) is 40.9 Å². The molecule has 0 fully saturated rings. The quantitative estimate of drug-likeness (QED) is 0.0156. The molecule has 0 aliphatic heterocycles. The van der Waals surface area contributed by atoms with Crippen LogP contribution < -0.4 is 5.32 Å². The highest BCUT2D eigenvalue weighted by atomic mass is 31.2. The predicted molar refractivity (Wildman–Crippen MR) is 291 cm³/mol. The Balaban J connectivity index is 5.38. The van der Waals surface area contributed by atoms with E-state index < -0.39 is 20.0 Å². The summed E-state index contributed by atoms with van der Waals surface area (Å²) in [7, 11) is 1.49. The van der Waals surface area contributed by atoms with Crippen LogP contribution in [0.4, 0.5) is 0 Å². The molecule has 3 atom stereocenters. The number of quaternary nitrogens is 1. The topological polar surface area (TPSA) is 111 Å². The molecule has 0 heterocycles. The summed E-state index contributed by atoms with van der Waals surface area (Å²) in [6.45, 7) is 6.88. The van der Waals surface area contributed by atoms with E-state index in [0.717, 1.165) is 77.0 Å². The molecular formula is C58H110N2O7P+. The minimum Gasteiger partial charge on any atom is -0.456 e. The Hall–Kier alpha value is -2.03. The maximum Gasteiger partial charge on any atom is 0.472 e. The number of rotatable bonds is 51. The van der Waals surface area contributed by atoms with Gasteiger partial charge in [0.1, 0.15) is 19.3 Å². The zero-order chi connectivity index (χ0) is 50.1. The first-order chi connectivity index (χ1) is 32.9. The summed E-state index contributed by atoms with van der Waals surface area (Å²) in [5.41, 5.74) is 0. The van der Waals surface area contributed by atoms with Crippen LogP contribution in [0.15, 0.2) is 48.6 Å². The largest absolute Gasteiger partial charge is 0.472 e. The number of carbonyl (C=O) groups excluding carboxylic acids is 2. The molecular weight excluding hydrogens is 868 g/mol. The summed E-state index contributed by atoms with van der Waals surface area (Å²) in [5.74, 6) is -0.512. The standard InChI is InChI=1S/C58H109N2O7P/c1-7-10-13-16-19-22-25-28-30-32-35-38-41-44-47-50-57(61)59-55(54-66-68(63,64)65-53-52-60(4,5)6)56(49-46-43-40-37-34-31-27-24-21-18-15-12-9-3)67-58(62)51-48-45-42-39-36-33-29-26-23-20-17-14-11-8-2/h10,13,16,19,22,25,46,49,55-56H,7-9,11-12,14-15,17-18,20-21,23-24,26-45,47-48,50-54H2,1-6H3,(H-,59,61,63,64)/p+1/b13-10+,19-16+,25-22+,49-46+. The molecule has 0 aromatic rings. The van der Waals surface area contributed by atoms with E-state index in [9.17, 15) is 19.0 Å². The van der Waals surface area contributed by atoms with E-state index in [1.807, 2.05) is 33.3 Å². The van der Waals surface area contributed by atoms with Gasteiger partial charge in [0.2, 0.25) is 5.91 Å². The zero-order valence-electron chi connectivity index (χ0n) is 45.3. The molecule has 3 unspecified atom stereocenters. The van der Waals surface area contributed by atoms with Gasteiger partial charge < -0.3 is 19.4 Å². The van der Waals surface area contributed by atoms with Crippen LogP contribution in [0, 0.1) is 0 Å². The third-order valence-electron chi connectivity index (χ3n) is 12.6. The first kappa shape index (κ1) is 66.0. The number of ether oxygens (including phenoxy) is 1. The average molecular weight is 978 g/mol. The van der Waals surface area contributed by atoms with Crippen molar-refractivity contribution in [2.24, 2.45) is 0 Å². The number of esters is 1. The van der Waals surface area contributed by atoms with Gasteiger partial charge in [0.05, 0.1) is 33.8 Å². The maximum absolute atomic E-state index is 13.5. The zero-order valence-corrected chi connectivity index (χ0v) is 46.2. The molecule has 1 amide bonds. The Kier molecular flexibility index (Phi) is 47.1. The molecule has 0 aromatic carbocycles. The van der Waals surface area contributed by atoms with Crippen molar-refractivity contribution in [1.29, 1.82) is 0 Å². The summed E-state index contributed by atoms with van der Waals surface area (Å²) in [5, 5.41) is 3.04. The number of nitrogens with one attached hydrogen (secondary N) is 1. The molecule has 0 spiro atoms. The highest BCUT2D eigenvalue weighted by molar-refractivity contribution is 7.47. The van der Waals surface area contributed by atoms with Gasteiger partial charge in [-0.05, 0) is 51.0 Å². The number of carbonyl (C=O) groups is 2. The van der Waals surface area contributed by atoms with E-state index in [1.165, 1.54) is 148 Å². The highest BCUT2D eigenvalue weighted by Crippen LogP contribution is 2.43. The van der Waals surface area contributed by atoms with Gasteiger partial charge in [0.25, 0.3) is 0 Å². The molecule has 68 heavy (non-hydrogen) atoms. The van der Waals surface area contributed by atoms with Gasteiger partial charge in [-0.3, -0.25) is 18.6 Å². The van der Waals surface area contributed by atoms with Gasteiger partial charge in [-0.15, -0.1) is 0 Å². The Morgan fingerprint density at radius 2 is 0.941 bits per heavy atom. The molecule has 0 aliphatic rings. The number of amides is 1. The van der Waals surface area contributed by atoms with E-state index >= 15 is 0 Å². The van der Waals surface area contributed by atoms with Crippen molar-refractivity contribution in [3.8, 4) is 0 Å². The van der Waals surface area contributed by atoms with Crippen LogP contribution in [-0.2, 0) is 27.9 Å². The Morgan fingerprint density at radius 3 is 1.40 bits per heavy atom. The van der Waals surface area contributed by atoms with Crippen LogP contribution in [-0.4, -0.2) is 74.3 Å². The van der Waals surface area contributed by atoms with Crippen molar-refractivity contribution < 1.29 is 37.3 Å². The van der Waals surface area contributed by atoms with Crippen LogP contribution in [0.25, 0.3) is 0 Å². The van der Waals surface area contributed by atoms with Crippen molar-refractivity contribution in [3.05, 3.63) is 48.6 Å². The van der Waals surface area contributed by atoms with Crippen LogP contribution in [0.3, 0.4) is 0 Å². The lowest BCUT2D eigenvalue weighted by Crippen LogP contribution is -2.47. The highest BCUT2D eigenvalue weighted by Gasteiger charge is 2.30. The van der Waals surface area contributed by atoms with Crippen molar-refractivity contribution >= 4 is 19.7 Å². The van der Waals surface area contributed by atoms with E-state index in [0.29, 0.717) is 23.9 Å². The average Bonchev–Trinajstić information content (AvgIpc) is 3.29. The van der Waals surface area contributed by atoms with Crippen molar-refractivity contribution in [1.82, 2.24) is 5.32 Å². The first-order valence-electron chi connectivity index (χ1n) is 28.5. The summed E-state index contributed by atoms with van der Waals surface area (Å²) in [6, 6.07) is -0.851. The fraction of sp³-hybridized carbons (Fsp3) is 0.828. The second-order valence-corrected chi connectivity index (χ2v) is 22.0. The fourth-order valence-electron chi connectivity index (χ4n) is 8.18. The number of nitrogens with zero attached hydrogens (tertiary/aromatic N) is 1. The summed E-state index contributed by atoms with van der Waals surface area (Å²) in [6.07, 6.45) is 58.1. The predicted octanol–water partition coefficient (Wildman–Crippen LogP) is 16.9. The van der Waals surface area contributed by atoms with Crippen molar-refractivity contribution in [2.45, 2.75) is 270 Å². The number of hydrogen-bond donors (Lipinski definition) is 2. The van der Waals surface area contributed by atoms with E-state index in [1.54, 1.807) is 0 Å². The number of phosphoric acid groups is 1. The molecule has 9 nitrogen and oxygen atoms in total. The lowest BCUT2D eigenvalue weighted by atomic mass is 10.0. The number of allylic oxidation sites excluding steroid dienone is 7. The van der Waals surface area contributed by atoms with Gasteiger partial charge in [-0.2, -0.15) is 0 Å². The molecule has 0 aromatic heterocycles. The molecule has 398 valence electrons. The monoisotopic (exact) mass is 978 g/mol. The number of phosphoric ester groups is 1. The lowest BCUT2D eigenvalue weighted by Gasteiger charge is -2.27. The van der Waals surface area contributed by atoms with E-state index in [2.05, 4.69) is 62.5 Å². The van der Waals surface area contributed by atoms with Gasteiger partial charge in [-0.25, -0.2) is 4.57 Å². The summed E-state index contributed by atoms with van der Waals surface area (Å²) in [4.78, 5) is 37.6. The maximum atomic E-state index is 13.5. The summed E-state index contributed by atoms with van der Waals surface area (Å²) >= 11 is 0. The smallest absolute Gasteiger partial charge is 0.456 e. The molecule has 10 heteroatoms. The third kappa shape index (κ3) is 49.0. The Morgan fingerprint density at radius 1 is 0.529 bits per heavy atom. The van der Waals surface area contributed by atoms with Crippen LogP contribution >= 0.6 is 7.82 Å². The van der Waals surface area contributed by atoms with Gasteiger partial charge >= 0.3 is 13.8 Å². The number of unbranched alkanes of at least 4 members (excludes halogenated alkanes) is 31. The van der Waals surface area contributed by atoms with Crippen LogP contribution in [0.5, 0.6) is 0 Å². The fourth-order valence-corrected chi connectivity index (χ4v) is 8.91. The second-order valence-electron chi connectivity index (χ2n) is 20.5. The van der Waals surface area contributed by atoms with Gasteiger partial charge in [0.15, 0.2) is 0 Å². The SMILES string of the molecule is CC/C=C/C=C/C=C/CCCCCCCCCC(=O)NC(COP(=O)(O)OCC[N+](C)(C)C)C(/C=C/CCCCCCCCCCCCC)OC(=O)CCCCCCCCCCCCCCCC. The van der Waals surface area contributed by atoms with E-state index in [-0.39, 0.29) is 25.1 Å². The first-order valence-corrected chi connectivity index (χ1v) is 30.0. The third-order valence-corrected chi connectivity index (χ3v) is 13.6. The minimum atomic E-state index is -4.44. The lowest BCUT2D eigenvalue weighted by molar-refractivity contribution is -0.870. The van der Waals surface area contributed by atoms with Crippen molar-refractivity contribution in [3.63, 3.8) is 0 Å². The molecule has 0 saturated heterocycles. The van der Waals surface area contributed by atoms with Crippen LogP contribution in [0.2, 0.25) is 0 Å². The number of likely N-dealkylation sites (N-methyl/N-ethyl adjacent to an activating group) is 1. The molecule has 0 saturated carbocycles. The molecule has 0 aliphatic carbocycles. The van der Waals surface area contributed by atoms with Crippen LogP contribution in [0.1, 0.15) is 258 Å². The molecule has 0 bridgehead atoms. The number of hydrogen-bond acceptors (Lipinski definition) is 6.